The first-order valence-corrected chi connectivity index (χ1v) is 8.13. The fourth-order valence-electron chi connectivity index (χ4n) is 3.01. The van der Waals surface area contributed by atoms with Gasteiger partial charge in [-0.25, -0.2) is 0 Å². The van der Waals surface area contributed by atoms with E-state index in [0.717, 1.165) is 0 Å². The van der Waals surface area contributed by atoms with Crippen LogP contribution in [0.5, 0.6) is 0 Å². The number of pyridine rings is 1. The molecule has 0 saturated heterocycles. The highest BCUT2D eigenvalue weighted by atomic mass is 14.9. The van der Waals surface area contributed by atoms with Crippen LogP contribution in [-0.2, 0) is 0 Å². The first-order valence-electron chi connectivity index (χ1n) is 8.13. The van der Waals surface area contributed by atoms with Gasteiger partial charge in [0, 0.05) is 18.2 Å². The molecule has 4 aromatic rings. The van der Waals surface area contributed by atoms with Crippen molar-refractivity contribution in [2.24, 2.45) is 0 Å². The van der Waals surface area contributed by atoms with Crippen LogP contribution in [0.15, 0.2) is 103 Å². The third kappa shape index (κ3) is 2.84. The Labute approximate surface area is 142 Å². The summed E-state index contributed by atoms with van der Waals surface area (Å²) in [6.45, 7) is 0. The zero-order chi connectivity index (χ0) is 16.2. The lowest BCUT2D eigenvalue weighted by molar-refractivity contribution is -0.578. The molecule has 0 fully saturated rings. The summed E-state index contributed by atoms with van der Waals surface area (Å²) in [4.78, 5) is 0. The molecule has 1 heteroatoms. The monoisotopic (exact) mass is 308 g/mol. The fraction of sp³-hybridized carbons (Fsp3) is 0. The SMILES string of the molecule is C(=C(/c1cccc2ccccc12)[n+]1ccccc1)/c1ccccc1. The van der Waals surface area contributed by atoms with Crippen molar-refractivity contribution in [1.82, 2.24) is 0 Å². The number of hydrogen-bond donors (Lipinski definition) is 0. The fourth-order valence-corrected chi connectivity index (χ4v) is 3.01. The topological polar surface area (TPSA) is 3.88 Å². The molecule has 1 aromatic heterocycles. The maximum absolute atomic E-state index is 2.24. The van der Waals surface area contributed by atoms with Crippen LogP contribution in [0.3, 0.4) is 0 Å². The number of fused-ring (bicyclic) bond motifs is 1. The molecule has 4 rings (SSSR count). The van der Waals surface area contributed by atoms with Gasteiger partial charge in [-0.05, 0) is 22.4 Å². The Kier molecular flexibility index (Phi) is 3.91. The molecule has 0 amide bonds. The predicted molar refractivity (Wildman–Crippen MR) is 100 cm³/mol. The zero-order valence-electron chi connectivity index (χ0n) is 13.3. The number of benzene rings is 3. The van der Waals surface area contributed by atoms with Crippen molar-refractivity contribution in [1.29, 1.82) is 0 Å². The molecule has 0 N–H and O–H groups in total. The molecule has 0 aliphatic heterocycles. The minimum absolute atomic E-state index is 1.17. The van der Waals surface area contributed by atoms with E-state index in [0.29, 0.717) is 0 Å². The summed E-state index contributed by atoms with van der Waals surface area (Å²) in [6.07, 6.45) is 6.43. The largest absolute Gasteiger partial charge is 0.219 e. The summed E-state index contributed by atoms with van der Waals surface area (Å²) >= 11 is 0. The first kappa shape index (κ1) is 14.4. The molecule has 24 heavy (non-hydrogen) atoms. The van der Waals surface area contributed by atoms with E-state index in [2.05, 4.69) is 102 Å². The first-order chi connectivity index (χ1) is 11.9. The Balaban J connectivity index is 1.98. The summed E-state index contributed by atoms with van der Waals surface area (Å²) in [6, 6.07) is 31.6. The molecule has 3 aromatic carbocycles. The van der Waals surface area contributed by atoms with Gasteiger partial charge >= 0.3 is 0 Å². The number of nitrogens with zero attached hydrogens (tertiary/aromatic N) is 1. The maximum Gasteiger partial charge on any atom is 0.219 e. The standard InChI is InChI=1S/C23H18N/c1-3-10-19(11-4-1)18-23(24-16-7-2-8-17-24)22-15-9-13-20-12-5-6-14-21(20)22/h1-18H/q+1/b23-18+. The van der Waals surface area contributed by atoms with Gasteiger partial charge in [-0.3, -0.25) is 0 Å². The van der Waals surface area contributed by atoms with Gasteiger partial charge in [0.1, 0.15) is 0 Å². The van der Waals surface area contributed by atoms with Gasteiger partial charge in [-0.15, -0.1) is 0 Å². The van der Waals surface area contributed by atoms with Crippen LogP contribution in [0.4, 0.5) is 0 Å². The van der Waals surface area contributed by atoms with E-state index in [9.17, 15) is 0 Å². The lowest BCUT2D eigenvalue weighted by atomic mass is 10.0. The van der Waals surface area contributed by atoms with Crippen LogP contribution in [0.1, 0.15) is 11.1 Å². The Hall–Kier alpha value is -3.19. The van der Waals surface area contributed by atoms with Crippen molar-refractivity contribution in [2.45, 2.75) is 0 Å². The molecule has 114 valence electrons. The van der Waals surface area contributed by atoms with Gasteiger partial charge in [0.15, 0.2) is 12.4 Å². The second-order valence-electron chi connectivity index (χ2n) is 5.75. The van der Waals surface area contributed by atoms with E-state index in [1.807, 2.05) is 12.1 Å². The minimum Gasteiger partial charge on any atom is -0.167 e. The van der Waals surface area contributed by atoms with E-state index < -0.39 is 0 Å². The molecule has 0 aliphatic rings. The Bertz CT molecular complexity index is 981. The lowest BCUT2D eigenvalue weighted by Crippen LogP contribution is -2.31. The minimum atomic E-state index is 1.17. The highest BCUT2D eigenvalue weighted by molar-refractivity contribution is 5.95. The van der Waals surface area contributed by atoms with Crippen LogP contribution >= 0.6 is 0 Å². The summed E-state index contributed by atoms with van der Waals surface area (Å²) in [5, 5.41) is 2.52. The molecule has 1 heterocycles. The van der Waals surface area contributed by atoms with Crippen LogP contribution in [0.25, 0.3) is 22.5 Å². The number of aromatic nitrogens is 1. The maximum atomic E-state index is 2.24. The van der Waals surface area contributed by atoms with Gasteiger partial charge in [0.05, 0.1) is 5.56 Å². The molecule has 0 radical (unpaired) electrons. The third-order valence-corrected chi connectivity index (χ3v) is 4.16. The summed E-state index contributed by atoms with van der Waals surface area (Å²) < 4.78 is 2.18. The number of rotatable bonds is 3. The van der Waals surface area contributed by atoms with Crippen molar-refractivity contribution in [3.63, 3.8) is 0 Å². The van der Waals surface area contributed by atoms with Gasteiger partial charge in [0.2, 0.25) is 5.70 Å². The lowest BCUT2D eigenvalue weighted by Gasteiger charge is -2.07. The number of hydrogen-bond acceptors (Lipinski definition) is 0. The van der Waals surface area contributed by atoms with Gasteiger partial charge in [0.25, 0.3) is 0 Å². The Morgan fingerprint density at radius 3 is 2.12 bits per heavy atom. The predicted octanol–water partition coefficient (Wildman–Crippen LogP) is 5.17. The van der Waals surface area contributed by atoms with Gasteiger partial charge in [-0.1, -0.05) is 72.8 Å². The van der Waals surface area contributed by atoms with E-state index >= 15 is 0 Å². The zero-order valence-corrected chi connectivity index (χ0v) is 13.3. The van der Waals surface area contributed by atoms with Crippen molar-refractivity contribution < 1.29 is 4.57 Å². The van der Waals surface area contributed by atoms with Crippen LogP contribution < -0.4 is 4.57 Å². The van der Waals surface area contributed by atoms with Crippen LogP contribution in [-0.4, -0.2) is 0 Å². The molecule has 0 spiro atoms. The summed E-state index contributed by atoms with van der Waals surface area (Å²) in [5.41, 5.74) is 3.59. The summed E-state index contributed by atoms with van der Waals surface area (Å²) in [5.74, 6) is 0. The highest BCUT2D eigenvalue weighted by Crippen LogP contribution is 2.25. The molecule has 0 saturated carbocycles. The highest BCUT2D eigenvalue weighted by Gasteiger charge is 2.15. The molecular weight excluding hydrogens is 290 g/mol. The quantitative estimate of drug-likeness (QED) is 0.363. The van der Waals surface area contributed by atoms with Crippen molar-refractivity contribution in [3.05, 3.63) is 115 Å². The van der Waals surface area contributed by atoms with Crippen molar-refractivity contribution >= 4 is 22.5 Å². The van der Waals surface area contributed by atoms with Gasteiger partial charge < -0.3 is 0 Å². The second-order valence-corrected chi connectivity index (χ2v) is 5.75. The second kappa shape index (κ2) is 6.51. The average molecular weight is 308 g/mol. The van der Waals surface area contributed by atoms with Gasteiger partial charge in [-0.2, -0.15) is 4.57 Å². The Morgan fingerprint density at radius 2 is 1.29 bits per heavy atom. The molecule has 0 unspecified atom stereocenters. The van der Waals surface area contributed by atoms with E-state index in [4.69, 9.17) is 0 Å². The normalized spacial score (nSPS) is 11.6. The van der Waals surface area contributed by atoms with Crippen LogP contribution in [0.2, 0.25) is 0 Å². The van der Waals surface area contributed by atoms with Crippen molar-refractivity contribution in [2.75, 3.05) is 0 Å². The summed E-state index contributed by atoms with van der Waals surface area (Å²) in [7, 11) is 0. The molecule has 0 atom stereocenters. The molecule has 1 nitrogen and oxygen atoms in total. The Morgan fingerprint density at radius 1 is 0.625 bits per heavy atom. The van der Waals surface area contributed by atoms with Crippen molar-refractivity contribution in [3.8, 4) is 0 Å². The van der Waals surface area contributed by atoms with E-state index in [-0.39, 0.29) is 0 Å². The smallest absolute Gasteiger partial charge is 0.167 e. The van der Waals surface area contributed by atoms with Crippen LogP contribution in [0, 0.1) is 0 Å². The third-order valence-electron chi connectivity index (χ3n) is 4.16. The average Bonchev–Trinajstić information content (AvgIpc) is 2.67. The molecule has 0 bridgehead atoms. The molecular formula is C23H18N+. The van der Waals surface area contributed by atoms with E-state index in [1.165, 1.54) is 27.6 Å². The molecule has 0 aliphatic carbocycles. The van der Waals surface area contributed by atoms with E-state index in [1.54, 1.807) is 0 Å².